The van der Waals surface area contributed by atoms with Crippen molar-refractivity contribution < 1.29 is 22.8 Å². The molecular weight excluding hydrogens is 382 g/mol. The van der Waals surface area contributed by atoms with E-state index in [9.17, 15) is 22.8 Å². The van der Waals surface area contributed by atoms with Gasteiger partial charge in [0.15, 0.2) is 9.84 Å². The summed E-state index contributed by atoms with van der Waals surface area (Å²) in [5.41, 5.74) is 0.00280. The van der Waals surface area contributed by atoms with Crippen molar-refractivity contribution in [2.24, 2.45) is 0 Å². The number of hydrogen-bond donors (Lipinski definition) is 2. The Morgan fingerprint density at radius 3 is 2.39 bits per heavy atom. The molecule has 2 N–H and O–H groups in total. The van der Waals surface area contributed by atoms with Gasteiger partial charge < -0.3 is 10.6 Å². The molecule has 0 radical (unpaired) electrons. The van der Waals surface area contributed by atoms with Crippen molar-refractivity contribution in [1.82, 2.24) is 15.5 Å². The number of hydrogen-bond acceptors (Lipinski definition) is 5. The van der Waals surface area contributed by atoms with Crippen molar-refractivity contribution >= 4 is 27.7 Å². The Morgan fingerprint density at radius 2 is 1.82 bits per heavy atom. The minimum absolute atomic E-state index is 0.0149. The Morgan fingerprint density at radius 1 is 1.21 bits per heavy atom. The lowest BCUT2D eigenvalue weighted by Crippen LogP contribution is -2.44. The van der Waals surface area contributed by atoms with Gasteiger partial charge in [0.05, 0.1) is 10.9 Å². The molecule has 8 nitrogen and oxygen atoms in total. The third-order valence-corrected chi connectivity index (χ3v) is 6.58. The van der Waals surface area contributed by atoms with Crippen LogP contribution in [0.3, 0.4) is 0 Å². The first-order valence-electron chi connectivity index (χ1n) is 9.36. The summed E-state index contributed by atoms with van der Waals surface area (Å²) in [6.07, 6.45) is 4.28. The van der Waals surface area contributed by atoms with E-state index in [0.29, 0.717) is 12.8 Å². The third kappa shape index (κ3) is 4.04. The zero-order valence-corrected chi connectivity index (χ0v) is 16.8. The predicted octanol–water partition coefficient (Wildman–Crippen LogP) is 1.52. The molecule has 1 aliphatic heterocycles. The molecule has 152 valence electrons. The van der Waals surface area contributed by atoms with Crippen molar-refractivity contribution in [3.05, 3.63) is 29.8 Å². The number of carbonyl (C=O) groups is 3. The summed E-state index contributed by atoms with van der Waals surface area (Å²) in [4.78, 5) is 38.3. The number of benzene rings is 1. The highest BCUT2D eigenvalue weighted by Crippen LogP contribution is 2.35. The number of urea groups is 1. The van der Waals surface area contributed by atoms with Gasteiger partial charge in [-0.1, -0.05) is 25.0 Å². The molecular formula is C19H25N3O5S. The van der Waals surface area contributed by atoms with Crippen LogP contribution < -0.4 is 10.6 Å². The summed E-state index contributed by atoms with van der Waals surface area (Å²) >= 11 is 0. The number of nitrogens with zero attached hydrogens (tertiary/aromatic N) is 1. The van der Waals surface area contributed by atoms with Crippen LogP contribution in [0, 0.1) is 0 Å². The average molecular weight is 407 g/mol. The highest BCUT2D eigenvalue weighted by Gasteiger charge is 2.52. The molecule has 1 saturated heterocycles. The van der Waals surface area contributed by atoms with E-state index in [1.54, 1.807) is 19.1 Å². The van der Waals surface area contributed by atoms with Crippen LogP contribution in [0.15, 0.2) is 29.2 Å². The molecule has 1 spiro atoms. The molecule has 1 atom stereocenters. The zero-order valence-electron chi connectivity index (χ0n) is 16.0. The SMILES string of the molecule is C[C@@H](NC(=O)CCN1C(=O)NC2(CCCC2)C1=O)c1ccc(S(C)(=O)=O)cc1. The highest BCUT2D eigenvalue weighted by molar-refractivity contribution is 7.90. The van der Waals surface area contributed by atoms with Gasteiger partial charge in [0, 0.05) is 19.2 Å². The van der Waals surface area contributed by atoms with Crippen molar-refractivity contribution in [1.29, 1.82) is 0 Å². The maximum absolute atomic E-state index is 12.6. The molecule has 1 aromatic carbocycles. The molecule has 1 aromatic rings. The van der Waals surface area contributed by atoms with E-state index in [1.807, 2.05) is 0 Å². The number of amides is 4. The molecule has 0 unspecified atom stereocenters. The fourth-order valence-electron chi connectivity index (χ4n) is 3.81. The van der Waals surface area contributed by atoms with Crippen molar-refractivity contribution in [3.63, 3.8) is 0 Å². The smallest absolute Gasteiger partial charge is 0.325 e. The van der Waals surface area contributed by atoms with Crippen LogP contribution in [-0.4, -0.2) is 49.5 Å². The second-order valence-electron chi connectivity index (χ2n) is 7.56. The van der Waals surface area contributed by atoms with E-state index >= 15 is 0 Å². The van der Waals surface area contributed by atoms with Gasteiger partial charge in [0.2, 0.25) is 5.91 Å². The van der Waals surface area contributed by atoms with Crippen molar-refractivity contribution in [2.45, 2.75) is 55.5 Å². The molecule has 0 aromatic heterocycles. The van der Waals surface area contributed by atoms with Crippen LogP contribution in [0.1, 0.15) is 50.6 Å². The second-order valence-corrected chi connectivity index (χ2v) is 9.57. The topological polar surface area (TPSA) is 113 Å². The summed E-state index contributed by atoms with van der Waals surface area (Å²) in [6, 6.07) is 5.56. The van der Waals surface area contributed by atoms with Gasteiger partial charge in [-0.25, -0.2) is 13.2 Å². The Balaban J connectivity index is 1.54. The summed E-state index contributed by atoms with van der Waals surface area (Å²) in [5, 5.41) is 5.60. The summed E-state index contributed by atoms with van der Waals surface area (Å²) < 4.78 is 23.0. The van der Waals surface area contributed by atoms with Gasteiger partial charge in [-0.2, -0.15) is 0 Å². The Bertz CT molecular complexity index is 889. The standard InChI is InChI=1S/C19H25N3O5S/c1-13(14-5-7-15(8-6-14)28(2,26)27)20-16(23)9-12-22-17(24)19(21-18(22)25)10-3-4-11-19/h5-8,13H,3-4,9-12H2,1-2H3,(H,20,23)(H,21,25)/t13-/m1/s1. The number of carbonyl (C=O) groups excluding carboxylic acids is 3. The lowest BCUT2D eigenvalue weighted by molar-refractivity contribution is -0.131. The zero-order chi connectivity index (χ0) is 20.5. The first-order chi connectivity index (χ1) is 13.1. The minimum Gasteiger partial charge on any atom is -0.350 e. The van der Waals surface area contributed by atoms with Crippen LogP contribution in [0.5, 0.6) is 0 Å². The van der Waals surface area contributed by atoms with Crippen LogP contribution in [0.25, 0.3) is 0 Å². The van der Waals surface area contributed by atoms with E-state index in [0.717, 1.165) is 29.6 Å². The van der Waals surface area contributed by atoms with E-state index in [-0.39, 0.29) is 35.7 Å². The second kappa shape index (κ2) is 7.54. The van der Waals surface area contributed by atoms with Gasteiger partial charge in [0.25, 0.3) is 5.91 Å². The lowest BCUT2D eigenvalue weighted by atomic mass is 9.98. The van der Waals surface area contributed by atoms with Crippen LogP contribution in [0.2, 0.25) is 0 Å². The van der Waals surface area contributed by atoms with Crippen LogP contribution >= 0.6 is 0 Å². The van der Waals surface area contributed by atoms with Crippen molar-refractivity contribution in [3.8, 4) is 0 Å². The number of nitrogens with one attached hydrogen (secondary N) is 2. The first-order valence-corrected chi connectivity index (χ1v) is 11.2. The predicted molar refractivity (Wildman–Crippen MR) is 102 cm³/mol. The summed E-state index contributed by atoms with van der Waals surface area (Å²) in [6.45, 7) is 1.83. The van der Waals surface area contributed by atoms with Crippen LogP contribution in [0.4, 0.5) is 4.79 Å². The Hall–Kier alpha value is -2.42. The molecule has 1 heterocycles. The molecule has 0 bridgehead atoms. The molecule has 1 aliphatic carbocycles. The lowest BCUT2D eigenvalue weighted by Gasteiger charge is -2.20. The fourth-order valence-corrected chi connectivity index (χ4v) is 4.44. The maximum Gasteiger partial charge on any atom is 0.325 e. The molecule has 9 heteroatoms. The fraction of sp³-hybridized carbons (Fsp3) is 0.526. The van der Waals surface area contributed by atoms with Crippen molar-refractivity contribution in [2.75, 3.05) is 12.8 Å². The summed E-state index contributed by atoms with van der Waals surface area (Å²) in [7, 11) is -3.27. The third-order valence-electron chi connectivity index (χ3n) is 5.45. The molecule has 1 saturated carbocycles. The average Bonchev–Trinajstić information content (AvgIpc) is 3.18. The molecule has 28 heavy (non-hydrogen) atoms. The minimum atomic E-state index is -3.27. The van der Waals surface area contributed by atoms with E-state index < -0.39 is 21.4 Å². The van der Waals surface area contributed by atoms with Crippen LogP contribution in [-0.2, 0) is 19.4 Å². The first kappa shape index (κ1) is 20.3. The Kier molecular flexibility index (Phi) is 5.47. The highest BCUT2D eigenvalue weighted by atomic mass is 32.2. The Labute approximate surface area is 164 Å². The molecule has 2 fully saturated rings. The maximum atomic E-state index is 12.6. The van der Waals surface area contributed by atoms with Gasteiger partial charge in [-0.05, 0) is 37.5 Å². The number of sulfone groups is 1. The molecule has 4 amide bonds. The summed E-state index contributed by atoms with van der Waals surface area (Å²) in [5.74, 6) is -0.514. The van der Waals surface area contributed by atoms with E-state index in [2.05, 4.69) is 10.6 Å². The number of imide groups is 1. The van der Waals surface area contributed by atoms with Gasteiger partial charge in [-0.3, -0.25) is 14.5 Å². The molecule has 3 rings (SSSR count). The van der Waals surface area contributed by atoms with Gasteiger partial charge in [-0.15, -0.1) is 0 Å². The van der Waals surface area contributed by atoms with E-state index in [4.69, 9.17) is 0 Å². The quantitative estimate of drug-likeness (QED) is 0.695. The van der Waals surface area contributed by atoms with Gasteiger partial charge >= 0.3 is 6.03 Å². The van der Waals surface area contributed by atoms with E-state index in [1.165, 1.54) is 12.1 Å². The number of rotatable bonds is 6. The molecule has 2 aliphatic rings. The van der Waals surface area contributed by atoms with Gasteiger partial charge in [0.1, 0.15) is 5.54 Å². The monoisotopic (exact) mass is 407 g/mol. The normalized spacial score (nSPS) is 19.7. The largest absolute Gasteiger partial charge is 0.350 e.